The first kappa shape index (κ1) is 20.4. The maximum absolute atomic E-state index is 13.0. The fraction of sp³-hybridized carbons (Fsp3) is 0.172. The standard InChI is InChI=1S/C29H22N2O4/c32-15-17-10-13-25(35-17)31-14-24(28(33)30-29(31)34)18-11-12-23-21-7-2-5-16-4-1-6-20(26(16)21)22-9-3-8-19(18)27(22)23/h1-9,11-12,14,17,25,32H,10,13,15H2,(H,30,33,34)/t17-,25+/m0/s1. The van der Waals surface area contributed by atoms with Crippen LogP contribution >= 0.6 is 0 Å². The van der Waals surface area contributed by atoms with Crippen LogP contribution in [0, 0.1) is 0 Å². The van der Waals surface area contributed by atoms with Crippen molar-refractivity contribution in [3.05, 3.63) is 93.8 Å². The molecule has 6 aromatic rings. The quantitative estimate of drug-likeness (QED) is 0.289. The van der Waals surface area contributed by atoms with Gasteiger partial charge in [0.2, 0.25) is 0 Å². The van der Waals surface area contributed by atoms with E-state index in [-0.39, 0.29) is 12.7 Å². The van der Waals surface area contributed by atoms with Crippen LogP contribution < -0.4 is 11.2 Å². The predicted molar refractivity (Wildman–Crippen MR) is 138 cm³/mol. The van der Waals surface area contributed by atoms with Crippen molar-refractivity contribution >= 4 is 43.1 Å². The summed E-state index contributed by atoms with van der Waals surface area (Å²) in [6, 6.07) is 23.0. The molecule has 1 aromatic heterocycles. The number of ether oxygens (including phenoxy) is 1. The van der Waals surface area contributed by atoms with Crippen LogP contribution in [0.25, 0.3) is 54.2 Å². The van der Waals surface area contributed by atoms with Crippen molar-refractivity contribution in [2.45, 2.75) is 25.2 Å². The predicted octanol–water partition coefficient (Wildman–Crippen LogP) is 4.92. The summed E-state index contributed by atoms with van der Waals surface area (Å²) in [7, 11) is 0. The van der Waals surface area contributed by atoms with Crippen LogP contribution in [-0.2, 0) is 4.74 Å². The maximum Gasteiger partial charge on any atom is 0.330 e. The Morgan fingerprint density at radius 2 is 1.46 bits per heavy atom. The highest BCUT2D eigenvalue weighted by Crippen LogP contribution is 2.42. The van der Waals surface area contributed by atoms with Crippen molar-refractivity contribution in [2.75, 3.05) is 6.61 Å². The maximum atomic E-state index is 13.0. The monoisotopic (exact) mass is 462 g/mol. The van der Waals surface area contributed by atoms with Gasteiger partial charge in [-0.15, -0.1) is 0 Å². The van der Waals surface area contributed by atoms with E-state index in [0.717, 1.165) is 27.1 Å². The number of aromatic amines is 1. The van der Waals surface area contributed by atoms with E-state index in [4.69, 9.17) is 4.74 Å². The van der Waals surface area contributed by atoms with Crippen molar-refractivity contribution < 1.29 is 9.84 Å². The van der Waals surface area contributed by atoms with E-state index >= 15 is 0 Å². The number of hydrogen-bond donors (Lipinski definition) is 2. The lowest BCUT2D eigenvalue weighted by atomic mass is 9.87. The summed E-state index contributed by atoms with van der Waals surface area (Å²) in [6.07, 6.45) is 2.05. The summed E-state index contributed by atoms with van der Waals surface area (Å²) in [5.41, 5.74) is 0.248. The topological polar surface area (TPSA) is 84.3 Å². The van der Waals surface area contributed by atoms with Gasteiger partial charge >= 0.3 is 5.69 Å². The molecule has 5 aromatic carbocycles. The number of aliphatic hydroxyl groups is 1. The van der Waals surface area contributed by atoms with Gasteiger partial charge in [-0.25, -0.2) is 4.79 Å². The molecule has 0 unspecified atom stereocenters. The van der Waals surface area contributed by atoms with E-state index in [2.05, 4.69) is 53.5 Å². The van der Waals surface area contributed by atoms with E-state index < -0.39 is 17.5 Å². The minimum absolute atomic E-state index is 0.0927. The third-order valence-electron chi connectivity index (χ3n) is 7.38. The van der Waals surface area contributed by atoms with Gasteiger partial charge in [-0.1, -0.05) is 66.7 Å². The number of hydrogen-bond acceptors (Lipinski definition) is 4. The highest BCUT2D eigenvalue weighted by atomic mass is 16.5. The Kier molecular flexibility index (Phi) is 4.37. The van der Waals surface area contributed by atoms with Crippen molar-refractivity contribution in [1.82, 2.24) is 9.55 Å². The lowest BCUT2D eigenvalue weighted by Crippen LogP contribution is -2.33. The smallest absolute Gasteiger partial charge is 0.330 e. The lowest BCUT2D eigenvalue weighted by Gasteiger charge is -2.18. The van der Waals surface area contributed by atoms with Crippen molar-refractivity contribution in [1.29, 1.82) is 0 Å². The van der Waals surface area contributed by atoms with E-state index in [9.17, 15) is 14.7 Å². The lowest BCUT2D eigenvalue weighted by molar-refractivity contribution is -0.0245. The molecule has 1 saturated heterocycles. The van der Waals surface area contributed by atoms with Crippen LogP contribution in [0.4, 0.5) is 0 Å². The zero-order valence-corrected chi connectivity index (χ0v) is 18.8. The number of aromatic nitrogens is 2. The molecule has 2 N–H and O–H groups in total. The first-order chi connectivity index (χ1) is 17.1. The molecule has 172 valence electrons. The van der Waals surface area contributed by atoms with Crippen LogP contribution in [0.2, 0.25) is 0 Å². The molecule has 6 nitrogen and oxygen atoms in total. The minimum atomic E-state index is -0.514. The Bertz CT molecular complexity index is 1830. The Balaban J connectivity index is 1.53. The van der Waals surface area contributed by atoms with Gasteiger partial charge in [-0.05, 0) is 61.5 Å². The summed E-state index contributed by atoms with van der Waals surface area (Å²) in [5.74, 6) is 0. The highest BCUT2D eigenvalue weighted by molar-refractivity contribution is 6.34. The van der Waals surface area contributed by atoms with E-state index in [0.29, 0.717) is 18.4 Å². The normalized spacial score (nSPS) is 18.4. The molecular weight excluding hydrogens is 440 g/mol. The molecule has 2 heterocycles. The molecule has 7 rings (SSSR count). The van der Waals surface area contributed by atoms with Gasteiger partial charge in [0.25, 0.3) is 5.56 Å². The number of fused-ring (bicyclic) bond motifs is 2. The molecule has 0 aliphatic carbocycles. The van der Waals surface area contributed by atoms with E-state index in [1.165, 1.54) is 26.1 Å². The van der Waals surface area contributed by atoms with Gasteiger partial charge < -0.3 is 9.84 Å². The van der Waals surface area contributed by atoms with Gasteiger partial charge in [0, 0.05) is 6.20 Å². The molecule has 0 radical (unpaired) electrons. The van der Waals surface area contributed by atoms with E-state index in [1.54, 1.807) is 6.20 Å². The number of H-pyrrole nitrogens is 1. The fourth-order valence-corrected chi connectivity index (χ4v) is 5.80. The van der Waals surface area contributed by atoms with E-state index in [1.807, 2.05) is 18.2 Å². The average molecular weight is 463 g/mol. The first-order valence-corrected chi connectivity index (χ1v) is 11.8. The molecule has 0 saturated carbocycles. The Labute approximate surface area is 199 Å². The number of benzene rings is 5. The van der Waals surface area contributed by atoms with Gasteiger partial charge in [0.1, 0.15) is 6.23 Å². The second-order valence-corrected chi connectivity index (χ2v) is 9.28. The number of rotatable bonds is 3. The van der Waals surface area contributed by atoms with Crippen molar-refractivity contribution in [3.8, 4) is 11.1 Å². The molecular formula is C29H22N2O4. The fourth-order valence-electron chi connectivity index (χ4n) is 5.80. The summed E-state index contributed by atoms with van der Waals surface area (Å²) in [5, 5.41) is 18.6. The molecule has 0 bridgehead atoms. The Morgan fingerprint density at radius 1 is 0.800 bits per heavy atom. The zero-order chi connectivity index (χ0) is 23.7. The van der Waals surface area contributed by atoms with Gasteiger partial charge in [-0.2, -0.15) is 0 Å². The second-order valence-electron chi connectivity index (χ2n) is 9.28. The Hall–Kier alpha value is -4.00. The molecule has 35 heavy (non-hydrogen) atoms. The van der Waals surface area contributed by atoms with Crippen LogP contribution in [0.5, 0.6) is 0 Å². The molecule has 1 aliphatic heterocycles. The van der Waals surface area contributed by atoms with Crippen LogP contribution in [0.3, 0.4) is 0 Å². The largest absolute Gasteiger partial charge is 0.394 e. The number of nitrogens with one attached hydrogen (secondary N) is 1. The number of aliphatic hydroxyl groups excluding tert-OH is 1. The summed E-state index contributed by atoms with van der Waals surface area (Å²) < 4.78 is 7.27. The second kappa shape index (κ2) is 7.50. The van der Waals surface area contributed by atoms with Gasteiger partial charge in [0.15, 0.2) is 0 Å². The SMILES string of the molecule is O=c1[nH]c(=O)n([C@H]2CC[C@@H](CO)O2)cc1-c1ccc2c3cccc4cccc(c5cccc1c52)c43. The van der Waals surface area contributed by atoms with Crippen molar-refractivity contribution in [3.63, 3.8) is 0 Å². The summed E-state index contributed by atoms with van der Waals surface area (Å²) >= 11 is 0. The van der Waals surface area contributed by atoms with Crippen LogP contribution in [0.1, 0.15) is 19.1 Å². The third-order valence-corrected chi connectivity index (χ3v) is 7.38. The summed E-state index contributed by atoms with van der Waals surface area (Å²) in [6.45, 7) is -0.0927. The minimum Gasteiger partial charge on any atom is -0.394 e. The average Bonchev–Trinajstić information content (AvgIpc) is 3.36. The Morgan fingerprint density at radius 3 is 2.17 bits per heavy atom. The highest BCUT2D eigenvalue weighted by Gasteiger charge is 2.27. The molecule has 1 fully saturated rings. The third kappa shape index (κ3) is 2.90. The van der Waals surface area contributed by atoms with Crippen molar-refractivity contribution in [2.24, 2.45) is 0 Å². The van der Waals surface area contributed by atoms with Crippen LogP contribution in [0.15, 0.2) is 82.5 Å². The molecule has 2 atom stereocenters. The zero-order valence-electron chi connectivity index (χ0n) is 18.8. The molecule has 6 heteroatoms. The number of nitrogens with zero attached hydrogens (tertiary/aromatic N) is 1. The molecule has 1 aliphatic rings. The summed E-state index contributed by atoms with van der Waals surface area (Å²) in [4.78, 5) is 28.1. The molecule has 0 amide bonds. The van der Waals surface area contributed by atoms with Crippen LogP contribution in [-0.4, -0.2) is 27.4 Å². The van der Waals surface area contributed by atoms with Gasteiger partial charge in [-0.3, -0.25) is 14.3 Å². The first-order valence-electron chi connectivity index (χ1n) is 11.8. The molecule has 0 spiro atoms. The van der Waals surface area contributed by atoms with Gasteiger partial charge in [0.05, 0.1) is 18.3 Å².